The summed E-state index contributed by atoms with van der Waals surface area (Å²) in [6.45, 7) is 4.40. The van der Waals surface area contributed by atoms with Crippen molar-refractivity contribution in [1.29, 1.82) is 0 Å². The van der Waals surface area contributed by atoms with Crippen molar-refractivity contribution in [1.82, 2.24) is 0 Å². The molecule has 0 bridgehead atoms. The normalized spacial score (nSPS) is 11.5. The summed E-state index contributed by atoms with van der Waals surface area (Å²) in [6, 6.07) is 8.25. The minimum atomic E-state index is 0.643. The average molecular weight is 285 g/mol. The zero-order valence-corrected chi connectivity index (χ0v) is 11.2. The molecule has 15 heavy (non-hydrogen) atoms. The van der Waals surface area contributed by atoms with Crippen molar-refractivity contribution >= 4 is 38.7 Å². The molecule has 0 amide bonds. The first-order valence-electron chi connectivity index (χ1n) is 4.95. The molecule has 2 rings (SSSR count). The Labute approximate surface area is 102 Å². The van der Waals surface area contributed by atoms with Gasteiger partial charge in [0, 0.05) is 9.86 Å². The molecule has 0 radical (unpaired) electrons. The second-order valence-corrected chi connectivity index (χ2v) is 6.24. The molecule has 0 aliphatic rings. The van der Waals surface area contributed by atoms with Crippen LogP contribution in [0.4, 0.5) is 0 Å². The van der Waals surface area contributed by atoms with Gasteiger partial charge >= 0.3 is 0 Å². The van der Waals surface area contributed by atoms with E-state index in [0.29, 0.717) is 5.25 Å². The molecule has 1 aromatic carbocycles. The molecule has 0 saturated heterocycles. The molecule has 0 aliphatic carbocycles. The first-order chi connectivity index (χ1) is 7.15. The molecule has 0 spiro atoms. The Balaban J connectivity index is 2.23. The molecule has 1 heterocycles. The fourth-order valence-corrected chi connectivity index (χ4v) is 2.36. The molecule has 0 N–H and O–H groups in total. The van der Waals surface area contributed by atoms with Crippen molar-refractivity contribution in [3.63, 3.8) is 0 Å². The van der Waals surface area contributed by atoms with Crippen LogP contribution in [-0.2, 0) is 5.75 Å². The third-order valence-corrected chi connectivity index (χ3v) is 3.70. The van der Waals surface area contributed by atoms with Crippen LogP contribution >= 0.6 is 27.7 Å². The van der Waals surface area contributed by atoms with Crippen molar-refractivity contribution in [2.75, 3.05) is 0 Å². The Bertz CT molecular complexity index is 462. The predicted octanol–water partition coefficient (Wildman–Crippen LogP) is 4.84. The van der Waals surface area contributed by atoms with Crippen LogP contribution in [0.25, 0.3) is 11.0 Å². The van der Waals surface area contributed by atoms with Gasteiger partial charge in [0.25, 0.3) is 0 Å². The molecule has 1 aromatic heterocycles. The number of hydrogen-bond acceptors (Lipinski definition) is 2. The van der Waals surface area contributed by atoms with Crippen LogP contribution in [0.5, 0.6) is 0 Å². The zero-order chi connectivity index (χ0) is 10.8. The maximum atomic E-state index is 5.75. The molecule has 1 nitrogen and oxygen atoms in total. The zero-order valence-electron chi connectivity index (χ0n) is 8.79. The minimum Gasteiger partial charge on any atom is -0.460 e. The number of halogens is 1. The highest BCUT2D eigenvalue weighted by atomic mass is 79.9. The summed E-state index contributed by atoms with van der Waals surface area (Å²) in [5.41, 5.74) is 0.962. The Morgan fingerprint density at radius 2 is 2.13 bits per heavy atom. The molecule has 80 valence electrons. The average Bonchev–Trinajstić information content (AvgIpc) is 2.56. The van der Waals surface area contributed by atoms with Gasteiger partial charge in [0.2, 0.25) is 0 Å². The van der Waals surface area contributed by atoms with E-state index >= 15 is 0 Å². The van der Waals surface area contributed by atoms with Gasteiger partial charge in [-0.25, -0.2) is 0 Å². The topological polar surface area (TPSA) is 13.1 Å². The highest BCUT2D eigenvalue weighted by molar-refractivity contribution is 9.10. The van der Waals surface area contributed by atoms with Gasteiger partial charge in [0.15, 0.2) is 0 Å². The van der Waals surface area contributed by atoms with E-state index in [1.807, 2.05) is 23.9 Å². The molecule has 0 aliphatic heterocycles. The predicted molar refractivity (Wildman–Crippen MR) is 70.3 cm³/mol. The van der Waals surface area contributed by atoms with E-state index in [4.69, 9.17) is 4.42 Å². The van der Waals surface area contributed by atoms with Gasteiger partial charge in [-0.2, -0.15) is 11.8 Å². The Hall–Kier alpha value is -0.410. The Kier molecular flexibility index (Phi) is 3.42. The molecule has 3 heteroatoms. The van der Waals surface area contributed by atoms with Gasteiger partial charge in [-0.15, -0.1) is 0 Å². The lowest BCUT2D eigenvalue weighted by molar-refractivity contribution is 0.573. The number of thioether (sulfide) groups is 1. The number of benzene rings is 1. The SMILES string of the molecule is CC(C)SCc1cc2ccc(Br)cc2o1. The summed E-state index contributed by atoms with van der Waals surface area (Å²) in [5.74, 6) is 2.01. The fraction of sp³-hybridized carbons (Fsp3) is 0.333. The van der Waals surface area contributed by atoms with E-state index < -0.39 is 0 Å². The quantitative estimate of drug-likeness (QED) is 0.800. The van der Waals surface area contributed by atoms with Gasteiger partial charge in [0.1, 0.15) is 11.3 Å². The summed E-state index contributed by atoms with van der Waals surface area (Å²) in [5, 5.41) is 1.82. The van der Waals surface area contributed by atoms with Crippen molar-refractivity contribution in [3.05, 3.63) is 34.5 Å². The van der Waals surface area contributed by atoms with Gasteiger partial charge < -0.3 is 4.42 Å². The Morgan fingerprint density at radius 1 is 1.33 bits per heavy atom. The van der Waals surface area contributed by atoms with E-state index in [1.165, 1.54) is 5.39 Å². The Morgan fingerprint density at radius 3 is 2.87 bits per heavy atom. The van der Waals surface area contributed by atoms with Gasteiger partial charge in [-0.1, -0.05) is 29.8 Å². The highest BCUT2D eigenvalue weighted by Crippen LogP contribution is 2.26. The lowest BCUT2D eigenvalue weighted by Gasteiger charge is -2.00. The molecule has 2 aromatic rings. The van der Waals surface area contributed by atoms with Crippen LogP contribution in [0.15, 0.2) is 33.2 Å². The summed E-state index contributed by atoms with van der Waals surface area (Å²) < 4.78 is 6.81. The molecule has 0 fully saturated rings. The number of fused-ring (bicyclic) bond motifs is 1. The molecular formula is C12H13BrOS. The van der Waals surface area contributed by atoms with Crippen LogP contribution in [0.3, 0.4) is 0 Å². The smallest absolute Gasteiger partial charge is 0.135 e. The van der Waals surface area contributed by atoms with Crippen molar-refractivity contribution in [2.24, 2.45) is 0 Å². The minimum absolute atomic E-state index is 0.643. The third-order valence-electron chi connectivity index (χ3n) is 2.09. The van der Waals surface area contributed by atoms with Crippen LogP contribution in [-0.4, -0.2) is 5.25 Å². The standard InChI is InChI=1S/C12H13BrOS/c1-8(2)15-7-11-5-9-3-4-10(13)6-12(9)14-11/h3-6,8H,7H2,1-2H3. The molecular weight excluding hydrogens is 272 g/mol. The lowest BCUT2D eigenvalue weighted by Crippen LogP contribution is -1.86. The first-order valence-corrected chi connectivity index (χ1v) is 6.79. The maximum Gasteiger partial charge on any atom is 0.135 e. The summed E-state index contributed by atoms with van der Waals surface area (Å²) >= 11 is 5.34. The highest BCUT2D eigenvalue weighted by Gasteiger charge is 2.05. The van der Waals surface area contributed by atoms with Gasteiger partial charge in [0.05, 0.1) is 5.75 Å². The van der Waals surface area contributed by atoms with E-state index in [0.717, 1.165) is 21.6 Å². The van der Waals surface area contributed by atoms with E-state index in [-0.39, 0.29) is 0 Å². The van der Waals surface area contributed by atoms with Crippen LogP contribution < -0.4 is 0 Å². The second kappa shape index (κ2) is 4.62. The molecule has 0 saturated carbocycles. The monoisotopic (exact) mass is 284 g/mol. The molecule has 0 atom stereocenters. The fourth-order valence-electron chi connectivity index (χ4n) is 1.38. The lowest BCUT2D eigenvalue weighted by atomic mass is 10.2. The van der Waals surface area contributed by atoms with Crippen LogP contribution in [0.1, 0.15) is 19.6 Å². The van der Waals surface area contributed by atoms with E-state index in [1.54, 1.807) is 0 Å². The number of furan rings is 1. The number of rotatable bonds is 3. The van der Waals surface area contributed by atoms with E-state index in [2.05, 4.69) is 41.9 Å². The van der Waals surface area contributed by atoms with Crippen LogP contribution in [0.2, 0.25) is 0 Å². The second-order valence-electron chi connectivity index (χ2n) is 3.75. The summed E-state index contributed by atoms with van der Waals surface area (Å²) in [7, 11) is 0. The summed E-state index contributed by atoms with van der Waals surface area (Å²) in [4.78, 5) is 0. The van der Waals surface area contributed by atoms with Gasteiger partial charge in [-0.05, 0) is 29.5 Å². The third kappa shape index (κ3) is 2.79. The molecule has 0 unspecified atom stereocenters. The van der Waals surface area contributed by atoms with Crippen molar-refractivity contribution in [2.45, 2.75) is 24.9 Å². The van der Waals surface area contributed by atoms with Crippen LogP contribution in [0, 0.1) is 0 Å². The number of hydrogen-bond donors (Lipinski definition) is 0. The largest absolute Gasteiger partial charge is 0.460 e. The first kappa shape index (κ1) is 11.1. The van der Waals surface area contributed by atoms with E-state index in [9.17, 15) is 0 Å². The summed E-state index contributed by atoms with van der Waals surface area (Å²) in [6.07, 6.45) is 0. The van der Waals surface area contributed by atoms with Crippen molar-refractivity contribution < 1.29 is 4.42 Å². The maximum absolute atomic E-state index is 5.75. The van der Waals surface area contributed by atoms with Crippen molar-refractivity contribution in [3.8, 4) is 0 Å². The van der Waals surface area contributed by atoms with Gasteiger partial charge in [-0.3, -0.25) is 0 Å².